The minimum absolute atomic E-state index is 0.668. The summed E-state index contributed by atoms with van der Waals surface area (Å²) in [6.07, 6.45) is 5.75. The van der Waals surface area contributed by atoms with Crippen LogP contribution < -0.4 is 5.32 Å². The number of hydrogen-bond acceptors (Lipinski definition) is 3. The summed E-state index contributed by atoms with van der Waals surface area (Å²) in [6.45, 7) is 6.88. The van der Waals surface area contributed by atoms with Crippen molar-refractivity contribution in [2.75, 3.05) is 19.6 Å². The lowest BCUT2D eigenvalue weighted by molar-refractivity contribution is 0.297. The maximum atomic E-state index is 4.19. The van der Waals surface area contributed by atoms with Crippen LogP contribution in [0, 0.1) is 0 Å². The van der Waals surface area contributed by atoms with Crippen molar-refractivity contribution in [2.45, 2.75) is 38.8 Å². The van der Waals surface area contributed by atoms with E-state index in [1.54, 1.807) is 0 Å². The Balaban J connectivity index is 1.78. The monoisotopic (exact) mass is 236 g/mol. The highest BCUT2D eigenvalue weighted by molar-refractivity contribution is 4.99. The molecule has 1 aromatic heterocycles. The maximum Gasteiger partial charge on any atom is 0.0518 e. The van der Waals surface area contributed by atoms with Crippen LogP contribution in [-0.2, 0) is 13.6 Å². The first-order valence-electron chi connectivity index (χ1n) is 6.72. The van der Waals surface area contributed by atoms with E-state index in [-0.39, 0.29) is 0 Å². The van der Waals surface area contributed by atoms with Crippen LogP contribution in [0.1, 0.15) is 31.9 Å². The van der Waals surface area contributed by atoms with Gasteiger partial charge in [0.15, 0.2) is 0 Å². The number of hydrogen-bond donors (Lipinski definition) is 1. The Bertz CT molecular complexity index is 334. The molecule has 4 heteroatoms. The van der Waals surface area contributed by atoms with Gasteiger partial charge < -0.3 is 10.2 Å². The Labute approximate surface area is 104 Å². The van der Waals surface area contributed by atoms with Crippen LogP contribution in [0.4, 0.5) is 0 Å². The third-order valence-electron chi connectivity index (χ3n) is 3.76. The second-order valence-corrected chi connectivity index (χ2v) is 4.89. The highest BCUT2D eigenvalue weighted by atomic mass is 15.3. The fourth-order valence-electron chi connectivity index (χ4n) is 2.50. The van der Waals surface area contributed by atoms with Gasteiger partial charge in [-0.05, 0) is 45.0 Å². The van der Waals surface area contributed by atoms with E-state index in [1.807, 2.05) is 17.9 Å². The fraction of sp³-hybridized carbons (Fsp3) is 0.769. The molecule has 2 rings (SSSR count). The van der Waals surface area contributed by atoms with Crippen LogP contribution in [0.3, 0.4) is 0 Å². The van der Waals surface area contributed by atoms with E-state index in [0.717, 1.165) is 6.54 Å². The molecule has 1 aliphatic rings. The van der Waals surface area contributed by atoms with Gasteiger partial charge >= 0.3 is 0 Å². The van der Waals surface area contributed by atoms with Gasteiger partial charge in [0, 0.05) is 25.8 Å². The van der Waals surface area contributed by atoms with Crippen LogP contribution in [-0.4, -0.2) is 40.4 Å². The van der Waals surface area contributed by atoms with Gasteiger partial charge in [0.25, 0.3) is 0 Å². The predicted molar refractivity (Wildman–Crippen MR) is 69.8 cm³/mol. The van der Waals surface area contributed by atoms with Crippen LogP contribution in [0.2, 0.25) is 0 Å². The standard InChI is InChI=1S/C13H24N4/c1-3-17-9-4-5-12(7-10-17)14-11-13-6-8-15-16(13)2/h6,8,12,14H,3-5,7,9-11H2,1-2H3. The Morgan fingerprint density at radius 3 is 3.00 bits per heavy atom. The SMILES string of the molecule is CCN1CCCC(NCc2ccnn2C)CC1. The van der Waals surface area contributed by atoms with Gasteiger partial charge in [-0.25, -0.2) is 0 Å². The molecule has 1 aliphatic heterocycles. The molecule has 0 amide bonds. The molecule has 1 unspecified atom stereocenters. The van der Waals surface area contributed by atoms with Gasteiger partial charge in [-0.2, -0.15) is 5.10 Å². The highest BCUT2D eigenvalue weighted by Crippen LogP contribution is 2.11. The summed E-state index contributed by atoms with van der Waals surface area (Å²) >= 11 is 0. The summed E-state index contributed by atoms with van der Waals surface area (Å²) in [5.41, 5.74) is 1.27. The second kappa shape index (κ2) is 6.17. The van der Waals surface area contributed by atoms with Crippen molar-refractivity contribution in [1.82, 2.24) is 20.0 Å². The quantitative estimate of drug-likeness (QED) is 0.857. The summed E-state index contributed by atoms with van der Waals surface area (Å²) in [7, 11) is 2.00. The summed E-state index contributed by atoms with van der Waals surface area (Å²) < 4.78 is 1.95. The molecule has 96 valence electrons. The van der Waals surface area contributed by atoms with E-state index in [0.29, 0.717) is 6.04 Å². The number of aryl methyl sites for hydroxylation is 1. The van der Waals surface area contributed by atoms with Crippen LogP contribution in [0.5, 0.6) is 0 Å². The predicted octanol–water partition coefficient (Wildman–Crippen LogP) is 1.38. The molecule has 1 N–H and O–H groups in total. The first kappa shape index (κ1) is 12.6. The number of rotatable bonds is 4. The molecule has 0 radical (unpaired) electrons. The van der Waals surface area contributed by atoms with Crippen LogP contribution in [0.25, 0.3) is 0 Å². The molecule has 4 nitrogen and oxygen atoms in total. The lowest BCUT2D eigenvalue weighted by atomic mass is 10.1. The molecule has 1 saturated heterocycles. The molecule has 1 fully saturated rings. The lowest BCUT2D eigenvalue weighted by Crippen LogP contribution is -2.31. The van der Waals surface area contributed by atoms with Gasteiger partial charge in [-0.1, -0.05) is 6.92 Å². The molecule has 0 aliphatic carbocycles. The molecule has 0 saturated carbocycles. The van der Waals surface area contributed by atoms with E-state index in [4.69, 9.17) is 0 Å². The van der Waals surface area contributed by atoms with Crippen molar-refractivity contribution in [2.24, 2.45) is 7.05 Å². The second-order valence-electron chi connectivity index (χ2n) is 4.89. The molecular weight excluding hydrogens is 212 g/mol. The Morgan fingerprint density at radius 2 is 2.29 bits per heavy atom. The average Bonchev–Trinajstić information content (AvgIpc) is 2.63. The topological polar surface area (TPSA) is 33.1 Å². The smallest absolute Gasteiger partial charge is 0.0518 e. The van der Waals surface area contributed by atoms with Crippen LogP contribution in [0.15, 0.2) is 12.3 Å². The van der Waals surface area contributed by atoms with Crippen molar-refractivity contribution in [3.63, 3.8) is 0 Å². The first-order chi connectivity index (χ1) is 8.29. The molecule has 0 aromatic carbocycles. The fourth-order valence-corrected chi connectivity index (χ4v) is 2.50. The van der Waals surface area contributed by atoms with E-state index in [9.17, 15) is 0 Å². The van der Waals surface area contributed by atoms with Crippen molar-refractivity contribution in [1.29, 1.82) is 0 Å². The van der Waals surface area contributed by atoms with Crippen molar-refractivity contribution < 1.29 is 0 Å². The van der Waals surface area contributed by atoms with E-state index in [1.165, 1.54) is 44.6 Å². The van der Waals surface area contributed by atoms with E-state index in [2.05, 4.69) is 28.3 Å². The zero-order valence-electron chi connectivity index (χ0n) is 11.0. The Hall–Kier alpha value is -0.870. The number of aromatic nitrogens is 2. The minimum Gasteiger partial charge on any atom is -0.308 e. The highest BCUT2D eigenvalue weighted by Gasteiger charge is 2.15. The zero-order chi connectivity index (χ0) is 12.1. The van der Waals surface area contributed by atoms with Gasteiger partial charge in [-0.3, -0.25) is 4.68 Å². The first-order valence-corrected chi connectivity index (χ1v) is 6.72. The van der Waals surface area contributed by atoms with Gasteiger partial charge in [0.1, 0.15) is 0 Å². The molecule has 1 aromatic rings. The summed E-state index contributed by atoms with van der Waals surface area (Å²) in [5, 5.41) is 7.85. The molecule has 0 bridgehead atoms. The number of nitrogens with zero attached hydrogens (tertiary/aromatic N) is 3. The molecule has 1 atom stereocenters. The largest absolute Gasteiger partial charge is 0.308 e. The Morgan fingerprint density at radius 1 is 1.41 bits per heavy atom. The van der Waals surface area contributed by atoms with Crippen molar-refractivity contribution in [3.05, 3.63) is 18.0 Å². The van der Waals surface area contributed by atoms with Gasteiger partial charge in [-0.15, -0.1) is 0 Å². The molecule has 2 heterocycles. The summed E-state index contributed by atoms with van der Waals surface area (Å²) in [6, 6.07) is 2.75. The lowest BCUT2D eigenvalue weighted by Gasteiger charge is -2.18. The van der Waals surface area contributed by atoms with E-state index >= 15 is 0 Å². The molecule has 17 heavy (non-hydrogen) atoms. The zero-order valence-corrected chi connectivity index (χ0v) is 11.0. The number of nitrogens with one attached hydrogen (secondary N) is 1. The Kier molecular flexibility index (Phi) is 4.57. The van der Waals surface area contributed by atoms with Crippen molar-refractivity contribution in [3.8, 4) is 0 Å². The maximum absolute atomic E-state index is 4.19. The van der Waals surface area contributed by atoms with Crippen LogP contribution >= 0.6 is 0 Å². The number of likely N-dealkylation sites (tertiary alicyclic amines) is 1. The molecule has 0 spiro atoms. The summed E-state index contributed by atoms with van der Waals surface area (Å²) in [5.74, 6) is 0. The normalized spacial score (nSPS) is 22.6. The third kappa shape index (κ3) is 3.54. The average molecular weight is 236 g/mol. The van der Waals surface area contributed by atoms with Gasteiger partial charge in [0.2, 0.25) is 0 Å². The molecular formula is C13H24N4. The third-order valence-corrected chi connectivity index (χ3v) is 3.76. The van der Waals surface area contributed by atoms with E-state index < -0.39 is 0 Å². The summed E-state index contributed by atoms with van der Waals surface area (Å²) in [4.78, 5) is 2.55. The van der Waals surface area contributed by atoms with Gasteiger partial charge in [0.05, 0.1) is 5.69 Å². The minimum atomic E-state index is 0.668. The van der Waals surface area contributed by atoms with Crippen molar-refractivity contribution >= 4 is 0 Å².